The van der Waals surface area contributed by atoms with Crippen LogP contribution >= 0.6 is 0 Å². The average molecular weight is 315 g/mol. The van der Waals surface area contributed by atoms with Crippen LogP contribution in [-0.4, -0.2) is 31.3 Å². The number of hydrogen-bond donors (Lipinski definition) is 1. The Balaban J connectivity index is 3.97. The van der Waals surface area contributed by atoms with Crippen LogP contribution in [0.3, 0.4) is 0 Å². The minimum Gasteiger partial charge on any atom is -0.464 e. The number of hydrogen-bond acceptors (Lipinski definition) is 4. The van der Waals surface area contributed by atoms with E-state index in [1.165, 1.54) is 25.7 Å². The topological polar surface area (TPSA) is 64.6 Å². The van der Waals surface area contributed by atoms with Crippen LogP contribution in [0.5, 0.6) is 0 Å². The fourth-order valence-corrected chi connectivity index (χ4v) is 2.13. The number of amides is 1. The van der Waals surface area contributed by atoms with E-state index in [0.717, 1.165) is 25.7 Å². The lowest BCUT2D eigenvalue weighted by atomic mass is 10.1. The third kappa shape index (κ3) is 11.4. The van der Waals surface area contributed by atoms with Gasteiger partial charge in [0.25, 0.3) is 0 Å². The molecule has 0 aromatic heterocycles. The fourth-order valence-electron chi connectivity index (χ4n) is 2.13. The number of alkyl carbamates (subject to hydrolysis) is 1. The predicted octanol–water partition coefficient (Wildman–Crippen LogP) is 4.20. The molecule has 0 radical (unpaired) electrons. The van der Waals surface area contributed by atoms with Crippen LogP contribution in [0, 0.1) is 0 Å². The van der Waals surface area contributed by atoms with Crippen LogP contribution in [0.25, 0.3) is 0 Å². The van der Waals surface area contributed by atoms with Crippen molar-refractivity contribution in [2.24, 2.45) is 0 Å². The molecule has 22 heavy (non-hydrogen) atoms. The van der Waals surface area contributed by atoms with Crippen molar-refractivity contribution in [3.63, 3.8) is 0 Å². The zero-order valence-corrected chi connectivity index (χ0v) is 14.5. The van der Waals surface area contributed by atoms with Gasteiger partial charge in [0.05, 0.1) is 13.2 Å². The Morgan fingerprint density at radius 3 is 2.14 bits per heavy atom. The first-order valence-corrected chi connectivity index (χ1v) is 8.75. The number of esters is 1. The average Bonchev–Trinajstić information content (AvgIpc) is 2.50. The molecule has 0 saturated carbocycles. The molecular formula is C17H33NO4. The van der Waals surface area contributed by atoms with E-state index < -0.39 is 12.1 Å². The summed E-state index contributed by atoms with van der Waals surface area (Å²) in [6.07, 6.45) is 8.75. The molecule has 0 aliphatic carbocycles. The summed E-state index contributed by atoms with van der Waals surface area (Å²) in [6.45, 7) is 6.69. The lowest BCUT2D eigenvalue weighted by Crippen LogP contribution is -2.42. The Kier molecular flexibility index (Phi) is 13.8. The van der Waals surface area contributed by atoms with E-state index in [1.54, 1.807) is 6.92 Å². The standard InChI is InChI=1S/C17H33NO4/c1-4-7-9-10-11-12-14-22-16(19)15(13-8-5-2)18-17(20)21-6-3/h15H,4-14H2,1-3H3,(H,18,20). The lowest BCUT2D eigenvalue weighted by molar-refractivity contribution is -0.146. The summed E-state index contributed by atoms with van der Waals surface area (Å²) in [7, 11) is 0. The van der Waals surface area contributed by atoms with E-state index >= 15 is 0 Å². The summed E-state index contributed by atoms with van der Waals surface area (Å²) in [4.78, 5) is 23.5. The summed E-state index contributed by atoms with van der Waals surface area (Å²) in [5.41, 5.74) is 0. The maximum absolute atomic E-state index is 12.0. The van der Waals surface area contributed by atoms with E-state index in [1.807, 2.05) is 6.92 Å². The first kappa shape index (κ1) is 20.7. The van der Waals surface area contributed by atoms with Gasteiger partial charge < -0.3 is 14.8 Å². The summed E-state index contributed by atoms with van der Waals surface area (Å²) >= 11 is 0. The Labute approximate surface area is 135 Å². The van der Waals surface area contributed by atoms with E-state index in [0.29, 0.717) is 19.6 Å². The van der Waals surface area contributed by atoms with Crippen LogP contribution < -0.4 is 5.32 Å². The van der Waals surface area contributed by atoms with Gasteiger partial charge in [0.2, 0.25) is 0 Å². The molecule has 1 amide bonds. The molecule has 0 fully saturated rings. The van der Waals surface area contributed by atoms with Crippen molar-refractivity contribution < 1.29 is 19.1 Å². The number of unbranched alkanes of at least 4 members (excludes halogenated alkanes) is 6. The molecule has 0 heterocycles. The second kappa shape index (κ2) is 14.7. The monoisotopic (exact) mass is 315 g/mol. The number of carbonyl (C=O) groups excluding carboxylic acids is 2. The van der Waals surface area contributed by atoms with Gasteiger partial charge >= 0.3 is 12.1 Å². The zero-order valence-electron chi connectivity index (χ0n) is 14.5. The Bertz CT molecular complexity index is 294. The number of carbonyl (C=O) groups is 2. The zero-order chi connectivity index (χ0) is 16.6. The van der Waals surface area contributed by atoms with Crippen LogP contribution in [-0.2, 0) is 14.3 Å². The molecule has 1 unspecified atom stereocenters. The molecule has 0 aromatic rings. The highest BCUT2D eigenvalue weighted by Crippen LogP contribution is 2.07. The smallest absolute Gasteiger partial charge is 0.407 e. The molecule has 0 spiro atoms. The van der Waals surface area contributed by atoms with Crippen LogP contribution in [0.4, 0.5) is 4.79 Å². The molecular weight excluding hydrogens is 282 g/mol. The van der Waals surface area contributed by atoms with Crippen molar-refractivity contribution in [3.05, 3.63) is 0 Å². The number of nitrogens with one attached hydrogen (secondary N) is 1. The SMILES string of the molecule is CCCCCCCCOC(=O)C(CCCC)NC(=O)OCC. The third-order valence-corrected chi connectivity index (χ3v) is 3.44. The van der Waals surface area contributed by atoms with E-state index in [4.69, 9.17) is 9.47 Å². The van der Waals surface area contributed by atoms with E-state index in [9.17, 15) is 9.59 Å². The fraction of sp³-hybridized carbons (Fsp3) is 0.882. The molecule has 1 atom stereocenters. The quantitative estimate of drug-likeness (QED) is 0.409. The van der Waals surface area contributed by atoms with Crippen molar-refractivity contribution in [1.82, 2.24) is 5.32 Å². The highest BCUT2D eigenvalue weighted by molar-refractivity contribution is 5.81. The molecule has 0 bridgehead atoms. The summed E-state index contributed by atoms with van der Waals surface area (Å²) in [5.74, 6) is -0.352. The minimum absolute atomic E-state index is 0.291. The van der Waals surface area contributed by atoms with Gasteiger partial charge in [0, 0.05) is 0 Å². The van der Waals surface area contributed by atoms with Gasteiger partial charge in [-0.25, -0.2) is 9.59 Å². The van der Waals surface area contributed by atoms with Crippen LogP contribution in [0.15, 0.2) is 0 Å². The molecule has 0 aliphatic rings. The Hall–Kier alpha value is -1.26. The van der Waals surface area contributed by atoms with Gasteiger partial charge in [-0.15, -0.1) is 0 Å². The predicted molar refractivity (Wildman–Crippen MR) is 87.8 cm³/mol. The van der Waals surface area contributed by atoms with Crippen molar-refractivity contribution in [3.8, 4) is 0 Å². The molecule has 0 aromatic carbocycles. The van der Waals surface area contributed by atoms with Crippen molar-refractivity contribution in [2.75, 3.05) is 13.2 Å². The largest absolute Gasteiger partial charge is 0.464 e. The second-order valence-electron chi connectivity index (χ2n) is 5.49. The number of ether oxygens (including phenoxy) is 2. The van der Waals surface area contributed by atoms with E-state index in [2.05, 4.69) is 12.2 Å². The lowest BCUT2D eigenvalue weighted by Gasteiger charge is -2.17. The molecule has 1 N–H and O–H groups in total. The normalized spacial score (nSPS) is 11.8. The van der Waals surface area contributed by atoms with Gasteiger partial charge in [-0.1, -0.05) is 58.8 Å². The minimum atomic E-state index is -0.598. The van der Waals surface area contributed by atoms with Gasteiger partial charge in [-0.3, -0.25) is 0 Å². The van der Waals surface area contributed by atoms with Crippen molar-refractivity contribution in [1.29, 1.82) is 0 Å². The second-order valence-corrected chi connectivity index (χ2v) is 5.49. The molecule has 130 valence electrons. The van der Waals surface area contributed by atoms with Gasteiger partial charge in [0.15, 0.2) is 0 Å². The molecule has 5 heteroatoms. The molecule has 0 aliphatic heterocycles. The Morgan fingerprint density at radius 1 is 0.864 bits per heavy atom. The molecule has 5 nitrogen and oxygen atoms in total. The van der Waals surface area contributed by atoms with Gasteiger partial charge in [-0.2, -0.15) is 0 Å². The first-order valence-electron chi connectivity index (χ1n) is 8.75. The summed E-state index contributed by atoms with van der Waals surface area (Å²) < 4.78 is 10.1. The highest BCUT2D eigenvalue weighted by atomic mass is 16.6. The summed E-state index contributed by atoms with van der Waals surface area (Å²) in [5, 5.41) is 2.59. The van der Waals surface area contributed by atoms with Crippen LogP contribution in [0.2, 0.25) is 0 Å². The summed E-state index contributed by atoms with van der Waals surface area (Å²) in [6, 6.07) is -0.598. The highest BCUT2D eigenvalue weighted by Gasteiger charge is 2.22. The van der Waals surface area contributed by atoms with Gasteiger partial charge in [0.1, 0.15) is 6.04 Å². The maximum atomic E-state index is 12.0. The van der Waals surface area contributed by atoms with Crippen molar-refractivity contribution >= 4 is 12.1 Å². The first-order chi connectivity index (χ1) is 10.7. The van der Waals surface area contributed by atoms with Crippen LogP contribution in [0.1, 0.15) is 78.6 Å². The third-order valence-electron chi connectivity index (χ3n) is 3.44. The van der Waals surface area contributed by atoms with E-state index in [-0.39, 0.29) is 5.97 Å². The molecule has 0 rings (SSSR count). The Morgan fingerprint density at radius 2 is 1.50 bits per heavy atom. The van der Waals surface area contributed by atoms with Gasteiger partial charge in [-0.05, 0) is 19.8 Å². The van der Waals surface area contributed by atoms with Crippen molar-refractivity contribution in [2.45, 2.75) is 84.6 Å². The maximum Gasteiger partial charge on any atom is 0.407 e. The molecule has 0 saturated heterocycles. The number of rotatable bonds is 13.